The molecule has 2 N–H and O–H groups in total. The highest BCUT2D eigenvalue weighted by atomic mass is 35.5. The second-order valence-electron chi connectivity index (χ2n) is 5.30. The van der Waals surface area contributed by atoms with Gasteiger partial charge >= 0.3 is 0 Å². The molecule has 0 radical (unpaired) electrons. The molecule has 2 heterocycles. The minimum atomic E-state index is 0.460. The van der Waals surface area contributed by atoms with Crippen LogP contribution < -0.4 is 14.9 Å². The average Bonchev–Trinajstić information content (AvgIpc) is 3.01. The number of aromatic amines is 1. The smallest absolute Gasteiger partial charge is 0.214 e. The highest BCUT2D eigenvalue weighted by molar-refractivity contribution is 7.71. The van der Waals surface area contributed by atoms with Gasteiger partial charge in [0.05, 0.1) is 25.3 Å². The Balaban J connectivity index is 1.86. The average molecular weight is 392 g/mol. The van der Waals surface area contributed by atoms with E-state index in [0.717, 1.165) is 11.1 Å². The fourth-order valence-corrected chi connectivity index (χ4v) is 3.00. The molecule has 0 aliphatic heterocycles. The number of hydrogen-bond acceptors (Lipinski definition) is 6. The molecular weight excluding hydrogens is 374 g/mol. The molecule has 0 bridgehead atoms. The van der Waals surface area contributed by atoms with Crippen molar-refractivity contribution >= 4 is 23.8 Å². The predicted octanol–water partition coefficient (Wildman–Crippen LogP) is 3.81. The molecule has 0 fully saturated rings. The Hall–Kier alpha value is -2.58. The molecule has 0 aliphatic carbocycles. The van der Waals surface area contributed by atoms with Crippen LogP contribution in [-0.2, 0) is 6.54 Å². The lowest BCUT2D eigenvalue weighted by Gasteiger charge is -2.14. The fraction of sp³-hybridized carbons (Fsp3) is 0.235. The molecule has 0 spiro atoms. The molecule has 0 amide bonds. The number of rotatable bonds is 7. The zero-order valence-corrected chi connectivity index (χ0v) is 15.9. The minimum Gasteiger partial charge on any atom is -0.491 e. The van der Waals surface area contributed by atoms with Crippen LogP contribution in [0, 0.1) is 4.77 Å². The van der Waals surface area contributed by atoms with Crippen molar-refractivity contribution in [3.8, 4) is 22.9 Å². The third kappa shape index (κ3) is 3.81. The number of benzene rings is 1. The van der Waals surface area contributed by atoms with Gasteiger partial charge in [-0.15, -0.1) is 0 Å². The first-order valence-corrected chi connectivity index (χ1v) is 8.73. The Labute approximate surface area is 160 Å². The normalized spacial score (nSPS) is 10.6. The monoisotopic (exact) mass is 391 g/mol. The Bertz CT molecular complexity index is 942. The molecule has 0 saturated carbocycles. The van der Waals surface area contributed by atoms with Crippen molar-refractivity contribution in [2.24, 2.45) is 0 Å². The second kappa shape index (κ2) is 8.20. The van der Waals surface area contributed by atoms with E-state index in [9.17, 15) is 0 Å². The van der Waals surface area contributed by atoms with Gasteiger partial charge in [-0.2, -0.15) is 5.10 Å². The van der Waals surface area contributed by atoms with Crippen molar-refractivity contribution < 1.29 is 9.47 Å². The van der Waals surface area contributed by atoms with E-state index in [0.29, 0.717) is 40.3 Å². The van der Waals surface area contributed by atoms with Crippen molar-refractivity contribution in [1.82, 2.24) is 19.9 Å². The van der Waals surface area contributed by atoms with E-state index in [1.54, 1.807) is 24.2 Å². The van der Waals surface area contributed by atoms with Gasteiger partial charge in [0.2, 0.25) is 4.77 Å². The van der Waals surface area contributed by atoms with Crippen LogP contribution in [0.3, 0.4) is 0 Å². The Morgan fingerprint density at radius 3 is 2.77 bits per heavy atom. The molecule has 7 nitrogen and oxygen atoms in total. The van der Waals surface area contributed by atoms with Crippen LogP contribution in [0.15, 0.2) is 36.7 Å². The lowest BCUT2D eigenvalue weighted by molar-refractivity contribution is 0.310. The summed E-state index contributed by atoms with van der Waals surface area (Å²) >= 11 is 11.6. The zero-order valence-electron chi connectivity index (χ0n) is 14.3. The molecule has 3 rings (SSSR count). The standard InChI is InChI=1S/C17H18ClN5O2S/c1-3-25-14-9-11(8-13(18)15(14)24-2)10-20-23-16(21-22-17(23)26)12-4-6-19-7-5-12/h4-9,20H,3,10H2,1-2H3,(H,22,26). The van der Waals surface area contributed by atoms with Crippen LogP contribution in [-0.4, -0.2) is 33.6 Å². The zero-order chi connectivity index (χ0) is 18.5. The maximum Gasteiger partial charge on any atom is 0.214 e. The maximum atomic E-state index is 6.30. The molecule has 1 aromatic carbocycles. The Morgan fingerprint density at radius 1 is 1.31 bits per heavy atom. The van der Waals surface area contributed by atoms with E-state index in [1.807, 2.05) is 31.2 Å². The topological polar surface area (TPSA) is 77.0 Å². The number of aromatic nitrogens is 4. The van der Waals surface area contributed by atoms with Crippen molar-refractivity contribution in [3.05, 3.63) is 52.0 Å². The third-order valence-corrected chi connectivity index (χ3v) is 4.18. The van der Waals surface area contributed by atoms with E-state index in [4.69, 9.17) is 33.3 Å². The van der Waals surface area contributed by atoms with Gasteiger partial charge in [0.15, 0.2) is 17.3 Å². The second-order valence-corrected chi connectivity index (χ2v) is 6.09. The number of halogens is 1. The van der Waals surface area contributed by atoms with Gasteiger partial charge in [0.25, 0.3) is 0 Å². The van der Waals surface area contributed by atoms with Crippen molar-refractivity contribution in [2.45, 2.75) is 13.5 Å². The minimum absolute atomic E-state index is 0.460. The number of nitrogens with zero attached hydrogens (tertiary/aromatic N) is 3. The number of hydrogen-bond donors (Lipinski definition) is 2. The predicted molar refractivity (Wildman–Crippen MR) is 103 cm³/mol. The first-order chi connectivity index (χ1) is 12.6. The molecule has 136 valence electrons. The molecule has 9 heteroatoms. The van der Waals surface area contributed by atoms with E-state index in [1.165, 1.54) is 0 Å². The summed E-state index contributed by atoms with van der Waals surface area (Å²) in [4.78, 5) is 4.02. The van der Waals surface area contributed by atoms with Crippen LogP contribution in [0.4, 0.5) is 0 Å². The third-order valence-electron chi connectivity index (χ3n) is 3.63. The van der Waals surface area contributed by atoms with E-state index >= 15 is 0 Å². The molecule has 0 aliphatic rings. The Kier molecular flexibility index (Phi) is 5.75. The molecule has 26 heavy (non-hydrogen) atoms. The van der Waals surface area contributed by atoms with Gasteiger partial charge in [0.1, 0.15) is 0 Å². The number of nitrogens with one attached hydrogen (secondary N) is 2. The van der Waals surface area contributed by atoms with Gasteiger partial charge in [-0.05, 0) is 49.0 Å². The van der Waals surface area contributed by atoms with Gasteiger partial charge in [0, 0.05) is 18.0 Å². The fourth-order valence-electron chi connectivity index (χ4n) is 2.49. The van der Waals surface area contributed by atoms with Crippen LogP contribution in [0.5, 0.6) is 11.5 Å². The van der Waals surface area contributed by atoms with Crippen molar-refractivity contribution in [2.75, 3.05) is 19.1 Å². The highest BCUT2D eigenvalue weighted by Crippen LogP contribution is 2.36. The van der Waals surface area contributed by atoms with E-state index in [2.05, 4.69) is 20.6 Å². The lowest BCUT2D eigenvalue weighted by Crippen LogP contribution is -2.16. The summed E-state index contributed by atoms with van der Waals surface area (Å²) in [6, 6.07) is 7.43. The van der Waals surface area contributed by atoms with E-state index in [-0.39, 0.29) is 0 Å². The number of ether oxygens (including phenoxy) is 2. The summed E-state index contributed by atoms with van der Waals surface area (Å²) < 4.78 is 13.1. The van der Waals surface area contributed by atoms with Gasteiger partial charge in [-0.25, -0.2) is 9.77 Å². The van der Waals surface area contributed by atoms with Gasteiger partial charge in [-0.1, -0.05) is 11.6 Å². The SMILES string of the molecule is CCOc1cc(CNn2c(-c3ccncc3)n[nH]c2=S)cc(Cl)c1OC. The number of methoxy groups -OCH3 is 1. The van der Waals surface area contributed by atoms with E-state index < -0.39 is 0 Å². The molecule has 0 atom stereocenters. The Morgan fingerprint density at radius 2 is 2.08 bits per heavy atom. The summed E-state index contributed by atoms with van der Waals surface area (Å²) in [5.74, 6) is 1.79. The summed E-state index contributed by atoms with van der Waals surface area (Å²) in [7, 11) is 1.56. The summed E-state index contributed by atoms with van der Waals surface area (Å²) in [6.45, 7) is 2.89. The first kappa shape index (κ1) is 18.2. The number of pyridine rings is 1. The van der Waals surface area contributed by atoms with Crippen molar-refractivity contribution in [3.63, 3.8) is 0 Å². The molecule has 0 saturated heterocycles. The van der Waals surface area contributed by atoms with Crippen LogP contribution in [0.1, 0.15) is 12.5 Å². The number of H-pyrrole nitrogens is 1. The molecule has 2 aromatic heterocycles. The quantitative estimate of drug-likeness (QED) is 0.596. The molecule has 3 aromatic rings. The summed E-state index contributed by atoms with van der Waals surface area (Å²) in [6.07, 6.45) is 3.41. The highest BCUT2D eigenvalue weighted by Gasteiger charge is 2.13. The first-order valence-electron chi connectivity index (χ1n) is 7.95. The molecular formula is C17H18ClN5O2S. The van der Waals surface area contributed by atoms with Crippen LogP contribution in [0.2, 0.25) is 5.02 Å². The maximum absolute atomic E-state index is 6.30. The molecule has 0 unspecified atom stereocenters. The summed E-state index contributed by atoms with van der Waals surface area (Å²) in [5.41, 5.74) is 5.06. The van der Waals surface area contributed by atoms with Crippen LogP contribution >= 0.6 is 23.8 Å². The lowest BCUT2D eigenvalue weighted by atomic mass is 10.2. The summed E-state index contributed by atoms with van der Waals surface area (Å²) in [5, 5.41) is 7.56. The van der Waals surface area contributed by atoms with Gasteiger partial charge < -0.3 is 14.9 Å². The van der Waals surface area contributed by atoms with Crippen molar-refractivity contribution in [1.29, 1.82) is 0 Å². The van der Waals surface area contributed by atoms with Gasteiger partial charge in [-0.3, -0.25) is 4.98 Å². The van der Waals surface area contributed by atoms with Crippen LogP contribution in [0.25, 0.3) is 11.4 Å². The largest absolute Gasteiger partial charge is 0.491 e.